The predicted molar refractivity (Wildman–Crippen MR) is 120 cm³/mol. The summed E-state index contributed by atoms with van der Waals surface area (Å²) < 4.78 is 5.92. The molecular formula is C25H23N3O6. The van der Waals surface area contributed by atoms with E-state index in [1.807, 2.05) is 13.0 Å². The van der Waals surface area contributed by atoms with E-state index in [2.05, 4.69) is 10.3 Å². The molecule has 2 bridgehead atoms. The van der Waals surface area contributed by atoms with Crippen molar-refractivity contribution in [3.63, 3.8) is 0 Å². The van der Waals surface area contributed by atoms with Crippen LogP contribution in [0.25, 0.3) is 0 Å². The molecule has 0 saturated carbocycles. The van der Waals surface area contributed by atoms with Crippen molar-refractivity contribution in [1.29, 1.82) is 0 Å². The Morgan fingerprint density at radius 3 is 2.62 bits per heavy atom. The summed E-state index contributed by atoms with van der Waals surface area (Å²) in [4.78, 5) is 55.4. The average Bonchev–Trinajstić information content (AvgIpc) is 3.45. The number of imide groups is 1. The van der Waals surface area contributed by atoms with Crippen LogP contribution in [-0.2, 0) is 25.7 Å². The Bertz CT molecular complexity index is 1220. The van der Waals surface area contributed by atoms with Gasteiger partial charge < -0.3 is 15.2 Å². The zero-order valence-electron chi connectivity index (χ0n) is 18.4. The third-order valence-electron chi connectivity index (χ3n) is 6.66. The Labute approximate surface area is 195 Å². The summed E-state index contributed by atoms with van der Waals surface area (Å²) in [5.41, 5.74) is 0.872. The molecule has 5 rings (SSSR count). The minimum Gasteiger partial charge on any atom is -0.481 e. The molecule has 0 unspecified atom stereocenters. The normalized spacial score (nSPS) is 26.7. The number of anilines is 1. The summed E-state index contributed by atoms with van der Waals surface area (Å²) >= 11 is 0. The molecule has 9 heteroatoms. The summed E-state index contributed by atoms with van der Waals surface area (Å²) in [6, 6.07) is 12.0. The summed E-state index contributed by atoms with van der Waals surface area (Å²) in [6.45, 7) is 1.91. The molecule has 3 aliphatic heterocycles. The van der Waals surface area contributed by atoms with E-state index in [9.17, 15) is 19.2 Å². The number of pyridine rings is 1. The Balaban J connectivity index is 1.28. The second-order valence-electron chi connectivity index (χ2n) is 8.87. The number of carboxylic acid groups (broad SMARTS) is 1. The number of likely N-dealkylation sites (tertiary alicyclic amines) is 1. The highest BCUT2D eigenvalue weighted by atomic mass is 16.5. The number of ether oxygens (including phenoxy) is 1. The second-order valence-corrected chi connectivity index (χ2v) is 8.87. The van der Waals surface area contributed by atoms with E-state index in [0.717, 1.165) is 5.69 Å². The molecule has 0 spiro atoms. The fraction of sp³-hybridized carbons (Fsp3) is 0.320. The minimum atomic E-state index is -1.04. The van der Waals surface area contributed by atoms with Crippen LogP contribution in [0.3, 0.4) is 0 Å². The first-order valence-electron chi connectivity index (χ1n) is 11.1. The molecule has 2 aromatic rings. The number of benzene rings is 1. The number of carbonyl (C=O) groups is 4. The maximum atomic E-state index is 13.2. The van der Waals surface area contributed by atoms with Crippen molar-refractivity contribution >= 4 is 29.5 Å². The molecule has 1 aromatic carbocycles. The molecular weight excluding hydrogens is 438 g/mol. The maximum absolute atomic E-state index is 13.2. The van der Waals surface area contributed by atoms with Gasteiger partial charge in [0.2, 0.25) is 11.8 Å². The number of nitrogens with zero attached hydrogens (tertiary/aromatic N) is 2. The molecule has 4 atom stereocenters. The molecule has 0 aliphatic carbocycles. The van der Waals surface area contributed by atoms with Crippen molar-refractivity contribution < 1.29 is 29.0 Å². The fourth-order valence-electron chi connectivity index (χ4n) is 5.06. The van der Waals surface area contributed by atoms with Gasteiger partial charge in [-0.05, 0) is 43.2 Å². The van der Waals surface area contributed by atoms with Crippen molar-refractivity contribution in [3.05, 3.63) is 71.4 Å². The number of hydrogen-bond donors (Lipinski definition) is 2. The summed E-state index contributed by atoms with van der Waals surface area (Å²) in [6.07, 6.45) is 2.98. The number of amides is 3. The molecule has 2 saturated heterocycles. The number of fused-ring (bicyclic) bond motifs is 5. The van der Waals surface area contributed by atoms with Crippen LogP contribution in [0, 0.1) is 18.8 Å². The number of nitrogens with one attached hydrogen (secondary N) is 1. The van der Waals surface area contributed by atoms with Crippen molar-refractivity contribution in [3.8, 4) is 0 Å². The number of carboxylic acids is 1. The van der Waals surface area contributed by atoms with Crippen molar-refractivity contribution in [2.75, 3.05) is 5.32 Å². The number of aryl methyl sites for hydroxylation is 1. The lowest BCUT2D eigenvalue weighted by Crippen LogP contribution is -2.40. The zero-order valence-corrected chi connectivity index (χ0v) is 18.4. The standard InChI is InChI=1S/C25H23N3O6/c1-14-3-2-4-18(26-14)27-22(31)16-7-5-15(6-8-16)13-28-23(32)20-17-9-11-25(34-17,12-10-19(29)30)21(20)24(28)33/h2-9,11,17,20-21H,10,12-13H2,1H3,(H,29,30)(H,26,27,31)/t17-,20+,21-,25-/m0/s1. The minimum absolute atomic E-state index is 0.0771. The molecule has 34 heavy (non-hydrogen) atoms. The highest BCUT2D eigenvalue weighted by Gasteiger charge is 2.67. The smallest absolute Gasteiger partial charge is 0.303 e. The van der Waals surface area contributed by atoms with Gasteiger partial charge in [0.1, 0.15) is 11.4 Å². The maximum Gasteiger partial charge on any atom is 0.303 e. The topological polar surface area (TPSA) is 126 Å². The first-order valence-corrected chi connectivity index (χ1v) is 11.1. The molecule has 0 radical (unpaired) electrons. The van der Waals surface area contributed by atoms with Crippen molar-refractivity contribution in [2.45, 2.75) is 38.0 Å². The van der Waals surface area contributed by atoms with Gasteiger partial charge in [-0.2, -0.15) is 0 Å². The first kappa shape index (κ1) is 22.0. The number of aromatic nitrogens is 1. The van der Waals surface area contributed by atoms with Gasteiger partial charge in [0, 0.05) is 17.7 Å². The van der Waals surface area contributed by atoms with Gasteiger partial charge in [-0.1, -0.05) is 30.4 Å². The molecule has 3 aliphatic rings. The Hall–Kier alpha value is -3.85. The third kappa shape index (κ3) is 3.67. The van der Waals surface area contributed by atoms with E-state index in [4.69, 9.17) is 9.84 Å². The molecule has 2 fully saturated rings. The van der Waals surface area contributed by atoms with Crippen LogP contribution in [-0.4, -0.2) is 50.4 Å². The van der Waals surface area contributed by atoms with Gasteiger partial charge in [0.15, 0.2) is 0 Å². The Morgan fingerprint density at radius 1 is 1.15 bits per heavy atom. The molecule has 1 aromatic heterocycles. The predicted octanol–water partition coefficient (Wildman–Crippen LogP) is 2.32. The molecule has 2 N–H and O–H groups in total. The van der Waals surface area contributed by atoms with Crippen LogP contribution < -0.4 is 5.32 Å². The van der Waals surface area contributed by atoms with Crippen LogP contribution in [0.15, 0.2) is 54.6 Å². The highest BCUT2D eigenvalue weighted by Crippen LogP contribution is 2.53. The summed E-state index contributed by atoms with van der Waals surface area (Å²) in [5.74, 6) is -2.83. The average molecular weight is 461 g/mol. The van der Waals surface area contributed by atoms with Crippen LogP contribution in [0.2, 0.25) is 0 Å². The van der Waals surface area contributed by atoms with Crippen LogP contribution in [0.5, 0.6) is 0 Å². The van der Waals surface area contributed by atoms with E-state index in [0.29, 0.717) is 16.9 Å². The SMILES string of the molecule is Cc1cccc(NC(=O)c2ccc(CN3C(=O)[C@@H]4[C@@H]5C=C[C@@](CCC(=O)O)(O5)[C@@H]4C3=O)cc2)n1. The third-order valence-corrected chi connectivity index (χ3v) is 6.66. The molecule has 174 valence electrons. The summed E-state index contributed by atoms with van der Waals surface area (Å²) in [5, 5.41) is 11.8. The van der Waals surface area contributed by atoms with E-state index in [1.54, 1.807) is 48.6 Å². The lowest BCUT2D eigenvalue weighted by molar-refractivity contribution is -0.147. The van der Waals surface area contributed by atoms with Crippen molar-refractivity contribution in [1.82, 2.24) is 9.88 Å². The quantitative estimate of drug-likeness (QED) is 0.479. The molecule has 9 nitrogen and oxygen atoms in total. The number of carbonyl (C=O) groups excluding carboxylic acids is 3. The monoisotopic (exact) mass is 461 g/mol. The fourth-order valence-corrected chi connectivity index (χ4v) is 5.06. The highest BCUT2D eigenvalue weighted by molar-refractivity contribution is 6.07. The zero-order chi connectivity index (χ0) is 24.0. The van der Waals surface area contributed by atoms with E-state index >= 15 is 0 Å². The van der Waals surface area contributed by atoms with Gasteiger partial charge >= 0.3 is 5.97 Å². The first-order chi connectivity index (χ1) is 16.3. The Kier molecular flexibility index (Phi) is 5.28. The lowest BCUT2D eigenvalue weighted by atomic mass is 9.75. The largest absolute Gasteiger partial charge is 0.481 e. The van der Waals surface area contributed by atoms with Gasteiger partial charge in [-0.25, -0.2) is 4.98 Å². The van der Waals surface area contributed by atoms with E-state index in [-0.39, 0.29) is 37.1 Å². The van der Waals surface area contributed by atoms with Gasteiger partial charge in [-0.15, -0.1) is 0 Å². The lowest BCUT2D eigenvalue weighted by Gasteiger charge is -2.28. The van der Waals surface area contributed by atoms with Crippen LogP contribution >= 0.6 is 0 Å². The van der Waals surface area contributed by atoms with Crippen molar-refractivity contribution in [2.24, 2.45) is 11.8 Å². The number of aliphatic carboxylic acids is 1. The van der Waals surface area contributed by atoms with Gasteiger partial charge in [-0.3, -0.25) is 24.1 Å². The molecule has 4 heterocycles. The second kappa shape index (κ2) is 8.18. The van der Waals surface area contributed by atoms with Crippen LogP contribution in [0.1, 0.15) is 34.5 Å². The van der Waals surface area contributed by atoms with E-state index in [1.165, 1.54) is 4.90 Å². The molecule has 3 amide bonds. The number of hydrogen-bond acceptors (Lipinski definition) is 6. The van der Waals surface area contributed by atoms with Crippen LogP contribution in [0.4, 0.5) is 5.82 Å². The summed E-state index contributed by atoms with van der Waals surface area (Å²) in [7, 11) is 0. The van der Waals surface area contributed by atoms with Gasteiger partial charge in [0.05, 0.1) is 24.5 Å². The van der Waals surface area contributed by atoms with Gasteiger partial charge in [0.25, 0.3) is 5.91 Å². The van der Waals surface area contributed by atoms with E-state index < -0.39 is 29.5 Å². The Morgan fingerprint density at radius 2 is 1.91 bits per heavy atom. The number of rotatable bonds is 7.